The highest BCUT2D eigenvalue weighted by atomic mass is 16.3. The Bertz CT molecular complexity index is 759. The van der Waals surface area contributed by atoms with Gasteiger partial charge in [0.25, 0.3) is 0 Å². The molecule has 0 radical (unpaired) electrons. The third-order valence-electron chi connectivity index (χ3n) is 5.17. The van der Waals surface area contributed by atoms with Gasteiger partial charge in [0.05, 0.1) is 6.10 Å². The zero-order valence-corrected chi connectivity index (χ0v) is 14.6. The normalized spacial score (nSPS) is 20.7. The van der Waals surface area contributed by atoms with Gasteiger partial charge in [-0.1, -0.05) is 49.4 Å². The highest BCUT2D eigenvalue weighted by Crippen LogP contribution is 2.31. The monoisotopic (exact) mass is 339 g/mol. The van der Waals surface area contributed by atoms with Crippen molar-refractivity contribution in [3.05, 3.63) is 48.0 Å². The summed E-state index contributed by atoms with van der Waals surface area (Å²) in [4.78, 5) is 24.8. The number of aliphatic hydroxyl groups is 1. The Hall–Kier alpha value is -2.20. The summed E-state index contributed by atoms with van der Waals surface area (Å²) in [5.41, 5.74) is 0.681. The number of carbonyl (C=O) groups excluding carboxylic acids is 2. The number of benzene rings is 2. The molecule has 1 unspecified atom stereocenters. The second-order valence-electron chi connectivity index (χ2n) is 6.92. The van der Waals surface area contributed by atoms with E-state index in [1.165, 1.54) is 0 Å². The van der Waals surface area contributed by atoms with Crippen LogP contribution in [0.3, 0.4) is 0 Å². The van der Waals surface area contributed by atoms with Crippen LogP contribution in [-0.4, -0.2) is 28.9 Å². The molecule has 1 saturated carbocycles. The Kier molecular flexibility index (Phi) is 5.49. The highest BCUT2D eigenvalue weighted by Gasteiger charge is 2.33. The minimum atomic E-state index is -0.219. The third-order valence-corrected chi connectivity index (χ3v) is 5.17. The van der Waals surface area contributed by atoms with Crippen molar-refractivity contribution in [2.45, 2.75) is 51.2 Å². The molecule has 1 amide bonds. The number of aliphatic hydroxyl groups excluding tert-OH is 1. The van der Waals surface area contributed by atoms with Crippen molar-refractivity contribution in [2.24, 2.45) is 5.92 Å². The van der Waals surface area contributed by atoms with Crippen molar-refractivity contribution in [1.82, 2.24) is 5.32 Å². The minimum Gasteiger partial charge on any atom is -0.393 e. The maximum absolute atomic E-state index is 12.5. The lowest BCUT2D eigenvalue weighted by molar-refractivity contribution is -0.123. The van der Waals surface area contributed by atoms with Gasteiger partial charge in [0.1, 0.15) is 0 Å². The van der Waals surface area contributed by atoms with Crippen LogP contribution in [0.25, 0.3) is 10.8 Å². The van der Waals surface area contributed by atoms with Gasteiger partial charge in [0.15, 0.2) is 5.78 Å². The first-order chi connectivity index (χ1) is 12.1. The van der Waals surface area contributed by atoms with Crippen LogP contribution < -0.4 is 5.32 Å². The van der Waals surface area contributed by atoms with Gasteiger partial charge in [-0.25, -0.2) is 0 Å². The first kappa shape index (κ1) is 17.6. The molecule has 2 aromatic carbocycles. The molecule has 1 atom stereocenters. The van der Waals surface area contributed by atoms with Gasteiger partial charge in [0, 0.05) is 24.4 Å². The van der Waals surface area contributed by atoms with E-state index in [2.05, 4.69) is 5.32 Å². The number of fused-ring (bicyclic) bond motifs is 1. The zero-order chi connectivity index (χ0) is 17.8. The van der Waals surface area contributed by atoms with E-state index in [1.807, 2.05) is 49.4 Å². The van der Waals surface area contributed by atoms with Gasteiger partial charge in [-0.2, -0.15) is 0 Å². The minimum absolute atomic E-state index is 0.000866. The second kappa shape index (κ2) is 7.79. The lowest BCUT2D eigenvalue weighted by Crippen LogP contribution is -2.46. The Morgan fingerprint density at radius 3 is 2.56 bits per heavy atom. The molecule has 4 nitrogen and oxygen atoms in total. The molecular formula is C21H25NO3. The van der Waals surface area contributed by atoms with E-state index in [1.54, 1.807) is 0 Å². The zero-order valence-electron chi connectivity index (χ0n) is 14.6. The molecule has 1 aliphatic carbocycles. The van der Waals surface area contributed by atoms with Gasteiger partial charge in [-0.3, -0.25) is 9.59 Å². The summed E-state index contributed by atoms with van der Waals surface area (Å²) < 4.78 is 0. The lowest BCUT2D eigenvalue weighted by Gasteiger charge is -2.37. The molecule has 0 spiro atoms. The second-order valence-corrected chi connectivity index (χ2v) is 6.92. The molecule has 0 saturated heterocycles. The molecule has 2 aromatic rings. The summed E-state index contributed by atoms with van der Waals surface area (Å²) in [6.45, 7) is 2.04. The van der Waals surface area contributed by atoms with Crippen molar-refractivity contribution in [3.63, 3.8) is 0 Å². The van der Waals surface area contributed by atoms with Gasteiger partial charge in [-0.05, 0) is 36.0 Å². The lowest BCUT2D eigenvalue weighted by atomic mass is 9.76. The Labute approximate surface area is 148 Å². The van der Waals surface area contributed by atoms with E-state index < -0.39 is 0 Å². The number of amides is 1. The average molecular weight is 339 g/mol. The molecule has 0 aliphatic heterocycles. The number of carbonyl (C=O) groups is 2. The average Bonchev–Trinajstić information content (AvgIpc) is 2.61. The van der Waals surface area contributed by atoms with Crippen LogP contribution in [-0.2, 0) is 4.79 Å². The molecular weight excluding hydrogens is 314 g/mol. The fraction of sp³-hybridized carbons (Fsp3) is 0.429. The van der Waals surface area contributed by atoms with E-state index in [-0.39, 0.29) is 36.7 Å². The predicted molar refractivity (Wildman–Crippen MR) is 98.5 cm³/mol. The summed E-state index contributed by atoms with van der Waals surface area (Å²) in [5, 5.41) is 14.4. The number of hydrogen-bond donors (Lipinski definition) is 2. The Morgan fingerprint density at radius 2 is 1.84 bits per heavy atom. The van der Waals surface area contributed by atoms with Crippen molar-refractivity contribution >= 4 is 22.5 Å². The van der Waals surface area contributed by atoms with Crippen LogP contribution in [0.4, 0.5) is 0 Å². The molecule has 1 aliphatic rings. The first-order valence-electron chi connectivity index (χ1n) is 9.07. The molecule has 132 valence electrons. The number of rotatable bonds is 7. The fourth-order valence-corrected chi connectivity index (χ4v) is 3.62. The molecule has 0 bridgehead atoms. The highest BCUT2D eigenvalue weighted by molar-refractivity contribution is 6.08. The summed E-state index contributed by atoms with van der Waals surface area (Å²) >= 11 is 0. The smallest absolute Gasteiger partial charge is 0.220 e. The Balaban J connectivity index is 1.57. The van der Waals surface area contributed by atoms with Gasteiger partial charge in [0.2, 0.25) is 5.91 Å². The molecule has 4 heteroatoms. The van der Waals surface area contributed by atoms with Crippen LogP contribution in [0.2, 0.25) is 0 Å². The molecule has 0 aromatic heterocycles. The van der Waals surface area contributed by atoms with Crippen molar-refractivity contribution in [2.75, 3.05) is 0 Å². The Morgan fingerprint density at radius 1 is 1.12 bits per heavy atom. The van der Waals surface area contributed by atoms with E-state index in [9.17, 15) is 14.7 Å². The number of hydrogen-bond acceptors (Lipinski definition) is 3. The predicted octanol–water partition coefficient (Wildman–Crippen LogP) is 3.47. The van der Waals surface area contributed by atoms with E-state index in [0.29, 0.717) is 11.5 Å². The third kappa shape index (κ3) is 4.07. The summed E-state index contributed by atoms with van der Waals surface area (Å²) in [7, 11) is 0. The summed E-state index contributed by atoms with van der Waals surface area (Å²) in [5.74, 6) is 0.276. The fourth-order valence-electron chi connectivity index (χ4n) is 3.62. The number of Topliss-reactive ketones (excluding diaryl/α,β-unsaturated/α-hetero) is 1. The van der Waals surface area contributed by atoms with Crippen LogP contribution in [0, 0.1) is 5.92 Å². The topological polar surface area (TPSA) is 66.4 Å². The molecule has 3 rings (SSSR count). The first-order valence-corrected chi connectivity index (χ1v) is 9.07. The van der Waals surface area contributed by atoms with Crippen molar-refractivity contribution in [1.29, 1.82) is 0 Å². The largest absolute Gasteiger partial charge is 0.393 e. The maximum atomic E-state index is 12.5. The van der Waals surface area contributed by atoms with Crippen LogP contribution in [0.15, 0.2) is 42.5 Å². The van der Waals surface area contributed by atoms with Crippen LogP contribution >= 0.6 is 0 Å². The van der Waals surface area contributed by atoms with Crippen molar-refractivity contribution in [3.8, 4) is 0 Å². The quantitative estimate of drug-likeness (QED) is 0.759. The van der Waals surface area contributed by atoms with E-state index in [0.717, 1.165) is 30.0 Å². The summed E-state index contributed by atoms with van der Waals surface area (Å²) in [6.07, 6.45) is 2.56. The standard InChI is InChI=1S/C21H25NO3/c1-2-19(15-12-16(23)13-15)22-21(25)11-10-20(24)18-9-5-7-14-6-3-4-8-17(14)18/h3-9,15-16,19,23H,2,10-13H2,1H3,(H,22,25). The molecule has 2 N–H and O–H groups in total. The van der Waals surface area contributed by atoms with Gasteiger partial charge >= 0.3 is 0 Å². The van der Waals surface area contributed by atoms with Gasteiger partial charge < -0.3 is 10.4 Å². The maximum Gasteiger partial charge on any atom is 0.220 e. The number of nitrogens with one attached hydrogen (secondary N) is 1. The van der Waals surface area contributed by atoms with Crippen LogP contribution in [0.5, 0.6) is 0 Å². The molecule has 25 heavy (non-hydrogen) atoms. The van der Waals surface area contributed by atoms with Crippen molar-refractivity contribution < 1.29 is 14.7 Å². The summed E-state index contributed by atoms with van der Waals surface area (Å²) in [6, 6.07) is 13.6. The number of ketones is 1. The SMILES string of the molecule is CCC(NC(=O)CCC(=O)c1cccc2ccccc12)C1CC(O)C1. The van der Waals surface area contributed by atoms with E-state index >= 15 is 0 Å². The molecule has 0 heterocycles. The van der Waals surface area contributed by atoms with Crippen LogP contribution in [0.1, 0.15) is 49.4 Å². The molecule has 1 fully saturated rings. The van der Waals surface area contributed by atoms with Gasteiger partial charge in [-0.15, -0.1) is 0 Å². The van der Waals surface area contributed by atoms with E-state index in [4.69, 9.17) is 0 Å².